The van der Waals surface area contributed by atoms with Crippen molar-refractivity contribution in [3.63, 3.8) is 0 Å². The van der Waals surface area contributed by atoms with E-state index >= 15 is 0 Å². The van der Waals surface area contributed by atoms with Crippen LogP contribution >= 0.6 is 0 Å². The van der Waals surface area contributed by atoms with Crippen molar-refractivity contribution in [3.05, 3.63) is 28.8 Å². The molecule has 1 rings (SSSR count). The van der Waals surface area contributed by atoms with Gasteiger partial charge in [-0.25, -0.2) is 9.78 Å². The van der Waals surface area contributed by atoms with Crippen LogP contribution < -0.4 is 0 Å². The van der Waals surface area contributed by atoms with Crippen LogP contribution in [0, 0.1) is 4.91 Å². The average Bonchev–Trinajstić information content (AvgIpc) is 2.04. The molecule has 0 saturated heterocycles. The van der Waals surface area contributed by atoms with Crippen molar-refractivity contribution in [3.8, 4) is 0 Å². The molecule has 0 aliphatic heterocycles. The van der Waals surface area contributed by atoms with Crippen molar-refractivity contribution in [2.45, 2.75) is 0 Å². The standard InChI is InChI=1S/C6H4N2O3/c9-6(10)4-2-1-3-7-5(4)8-11/h1-3H,(H,9,10). The van der Waals surface area contributed by atoms with Gasteiger partial charge >= 0.3 is 5.97 Å². The van der Waals surface area contributed by atoms with E-state index < -0.39 is 5.97 Å². The molecular formula is C6H4N2O3. The molecule has 0 amide bonds. The topological polar surface area (TPSA) is 79.6 Å². The molecule has 0 aliphatic rings. The summed E-state index contributed by atoms with van der Waals surface area (Å²) in [7, 11) is 0. The third-order valence-electron chi connectivity index (χ3n) is 1.10. The lowest BCUT2D eigenvalue weighted by molar-refractivity contribution is 0.0697. The van der Waals surface area contributed by atoms with E-state index in [0.717, 1.165) is 0 Å². The first kappa shape index (κ1) is 7.33. The Labute approximate surface area is 61.7 Å². The van der Waals surface area contributed by atoms with E-state index in [2.05, 4.69) is 10.2 Å². The van der Waals surface area contributed by atoms with Gasteiger partial charge in [-0.1, -0.05) is 0 Å². The van der Waals surface area contributed by atoms with Gasteiger partial charge in [-0.3, -0.25) is 0 Å². The molecule has 1 N–H and O–H groups in total. The first-order chi connectivity index (χ1) is 5.25. The van der Waals surface area contributed by atoms with Gasteiger partial charge < -0.3 is 5.11 Å². The normalized spacial score (nSPS) is 9.09. The van der Waals surface area contributed by atoms with Crippen LogP contribution in [0.2, 0.25) is 0 Å². The number of pyridine rings is 1. The third kappa shape index (κ3) is 1.37. The molecule has 11 heavy (non-hydrogen) atoms. The highest BCUT2D eigenvalue weighted by Crippen LogP contribution is 2.13. The largest absolute Gasteiger partial charge is 0.478 e. The lowest BCUT2D eigenvalue weighted by Crippen LogP contribution is -1.96. The van der Waals surface area contributed by atoms with Gasteiger partial charge in [0.05, 0.1) is 0 Å². The van der Waals surface area contributed by atoms with E-state index in [0.29, 0.717) is 0 Å². The molecule has 0 aromatic carbocycles. The number of aromatic carboxylic acids is 1. The summed E-state index contributed by atoms with van der Waals surface area (Å²) in [5, 5.41) is 10.9. The molecule has 0 fully saturated rings. The van der Waals surface area contributed by atoms with E-state index in [4.69, 9.17) is 5.11 Å². The van der Waals surface area contributed by atoms with Crippen LogP contribution in [0.5, 0.6) is 0 Å². The molecule has 0 aliphatic carbocycles. The van der Waals surface area contributed by atoms with Gasteiger partial charge in [0.15, 0.2) is 0 Å². The lowest BCUT2D eigenvalue weighted by Gasteiger charge is -1.92. The highest BCUT2D eigenvalue weighted by Gasteiger charge is 2.09. The molecule has 0 radical (unpaired) electrons. The van der Waals surface area contributed by atoms with E-state index in [1.807, 2.05) is 0 Å². The molecule has 0 atom stereocenters. The predicted molar refractivity (Wildman–Crippen MR) is 36.7 cm³/mol. The van der Waals surface area contributed by atoms with Gasteiger partial charge in [-0.05, 0) is 17.3 Å². The molecular weight excluding hydrogens is 148 g/mol. The number of carboxylic acids is 1. The monoisotopic (exact) mass is 152 g/mol. The van der Waals surface area contributed by atoms with Gasteiger partial charge in [-0.15, -0.1) is 4.91 Å². The van der Waals surface area contributed by atoms with Crippen LogP contribution in [0.4, 0.5) is 5.82 Å². The van der Waals surface area contributed by atoms with E-state index in [1.54, 1.807) is 0 Å². The van der Waals surface area contributed by atoms with Crippen molar-refractivity contribution in [2.75, 3.05) is 0 Å². The van der Waals surface area contributed by atoms with Crippen molar-refractivity contribution in [2.24, 2.45) is 5.18 Å². The number of rotatable bonds is 2. The quantitative estimate of drug-likeness (QED) is 0.645. The molecule has 5 heteroatoms. The van der Waals surface area contributed by atoms with E-state index in [1.165, 1.54) is 18.3 Å². The van der Waals surface area contributed by atoms with Crippen molar-refractivity contribution in [1.82, 2.24) is 4.98 Å². The maximum atomic E-state index is 10.3. The number of hydrogen-bond donors (Lipinski definition) is 1. The summed E-state index contributed by atoms with van der Waals surface area (Å²) in [6.07, 6.45) is 1.31. The summed E-state index contributed by atoms with van der Waals surface area (Å²) in [5.74, 6) is -1.49. The molecule has 56 valence electrons. The number of carbonyl (C=O) groups is 1. The van der Waals surface area contributed by atoms with Crippen LogP contribution in [0.1, 0.15) is 10.4 Å². The fourth-order valence-electron chi connectivity index (χ4n) is 0.637. The number of carboxylic acid groups (broad SMARTS) is 1. The molecule has 0 unspecified atom stereocenters. The van der Waals surface area contributed by atoms with Gasteiger partial charge in [-0.2, -0.15) is 0 Å². The second-order valence-corrected chi connectivity index (χ2v) is 1.77. The van der Waals surface area contributed by atoms with Gasteiger partial charge in [0.1, 0.15) is 5.56 Å². The number of aromatic nitrogens is 1. The molecule has 1 heterocycles. The second-order valence-electron chi connectivity index (χ2n) is 1.77. The summed E-state index contributed by atoms with van der Waals surface area (Å²) in [4.78, 5) is 23.8. The zero-order valence-electron chi connectivity index (χ0n) is 5.39. The van der Waals surface area contributed by atoms with Crippen LogP contribution in [-0.4, -0.2) is 16.1 Å². The Hall–Kier alpha value is -1.78. The lowest BCUT2D eigenvalue weighted by atomic mass is 10.3. The van der Waals surface area contributed by atoms with E-state index in [-0.39, 0.29) is 11.4 Å². The van der Waals surface area contributed by atoms with Crippen LogP contribution in [0.25, 0.3) is 0 Å². The minimum Gasteiger partial charge on any atom is -0.478 e. The number of nitrogens with zero attached hydrogens (tertiary/aromatic N) is 2. The zero-order chi connectivity index (χ0) is 8.27. The van der Waals surface area contributed by atoms with Crippen molar-refractivity contribution < 1.29 is 9.90 Å². The highest BCUT2D eigenvalue weighted by atomic mass is 16.4. The molecule has 0 bridgehead atoms. The van der Waals surface area contributed by atoms with Gasteiger partial charge in [0.2, 0.25) is 5.82 Å². The number of hydrogen-bond acceptors (Lipinski definition) is 4. The first-order valence-corrected chi connectivity index (χ1v) is 2.77. The SMILES string of the molecule is O=Nc1ncccc1C(=O)O. The summed E-state index contributed by atoms with van der Waals surface area (Å²) in [6, 6.07) is 2.70. The molecule has 1 aromatic rings. The first-order valence-electron chi connectivity index (χ1n) is 2.77. The van der Waals surface area contributed by atoms with Crippen molar-refractivity contribution in [1.29, 1.82) is 0 Å². The van der Waals surface area contributed by atoms with Crippen LogP contribution in [0.15, 0.2) is 23.5 Å². The number of nitroso groups, excluding NO2 is 1. The highest BCUT2D eigenvalue weighted by molar-refractivity contribution is 5.92. The van der Waals surface area contributed by atoms with Gasteiger partial charge in [0.25, 0.3) is 0 Å². The Bertz CT molecular complexity index is 298. The average molecular weight is 152 g/mol. The Morgan fingerprint density at radius 3 is 2.82 bits per heavy atom. The Morgan fingerprint density at radius 1 is 1.64 bits per heavy atom. The smallest absolute Gasteiger partial charge is 0.339 e. The predicted octanol–water partition coefficient (Wildman–Crippen LogP) is 1.18. The second kappa shape index (κ2) is 2.87. The van der Waals surface area contributed by atoms with E-state index in [9.17, 15) is 9.70 Å². The fraction of sp³-hybridized carbons (Fsp3) is 0. The third-order valence-corrected chi connectivity index (χ3v) is 1.10. The Kier molecular flexibility index (Phi) is 1.91. The fourth-order valence-corrected chi connectivity index (χ4v) is 0.637. The minimum absolute atomic E-state index is 0.178. The Balaban J connectivity index is 3.22. The van der Waals surface area contributed by atoms with Gasteiger partial charge in [0, 0.05) is 6.20 Å². The maximum Gasteiger partial charge on any atom is 0.339 e. The summed E-state index contributed by atoms with van der Waals surface area (Å²) in [6.45, 7) is 0. The maximum absolute atomic E-state index is 10.3. The molecule has 1 aromatic heterocycles. The summed E-state index contributed by atoms with van der Waals surface area (Å²) >= 11 is 0. The summed E-state index contributed by atoms with van der Waals surface area (Å²) < 4.78 is 0. The minimum atomic E-state index is -1.20. The van der Waals surface area contributed by atoms with Crippen LogP contribution in [0.3, 0.4) is 0 Å². The molecule has 5 nitrogen and oxygen atoms in total. The molecule has 0 saturated carbocycles. The Morgan fingerprint density at radius 2 is 2.36 bits per heavy atom. The summed E-state index contributed by atoms with van der Waals surface area (Å²) in [5.41, 5.74) is -0.178. The zero-order valence-corrected chi connectivity index (χ0v) is 5.39. The van der Waals surface area contributed by atoms with Crippen molar-refractivity contribution >= 4 is 11.8 Å². The molecule has 0 spiro atoms. The van der Waals surface area contributed by atoms with Crippen LogP contribution in [-0.2, 0) is 0 Å².